The lowest BCUT2D eigenvalue weighted by molar-refractivity contribution is -0.655. The molecule has 0 aliphatic carbocycles. The van der Waals surface area contributed by atoms with Crippen molar-refractivity contribution in [2.75, 3.05) is 19.7 Å². The highest BCUT2D eigenvalue weighted by atomic mass is 35.5. The molecule has 1 aromatic carbocycles. The summed E-state index contributed by atoms with van der Waals surface area (Å²) in [6, 6.07) is 5.33. The molecule has 19 heavy (non-hydrogen) atoms. The van der Waals surface area contributed by atoms with Crippen LogP contribution in [0.5, 0.6) is 5.75 Å². The lowest BCUT2D eigenvalue weighted by Gasteiger charge is -2.08. The van der Waals surface area contributed by atoms with Gasteiger partial charge < -0.3 is 10.1 Å². The first-order valence-corrected chi connectivity index (χ1v) is 7.89. The maximum atomic E-state index is 6.03. The van der Waals surface area contributed by atoms with E-state index in [2.05, 4.69) is 12.2 Å². The number of nitrogens with two attached hydrogens (primary N) is 1. The zero-order chi connectivity index (χ0) is 13.9. The quantitative estimate of drug-likeness (QED) is 0.652. The second kappa shape index (κ2) is 10.4. The Morgan fingerprint density at radius 2 is 1.84 bits per heavy atom. The van der Waals surface area contributed by atoms with Gasteiger partial charge in [-0.3, -0.25) is 0 Å². The third kappa shape index (κ3) is 7.66. The lowest BCUT2D eigenvalue weighted by Crippen LogP contribution is -2.84. The second-order valence-corrected chi connectivity index (χ2v) is 5.55. The summed E-state index contributed by atoms with van der Waals surface area (Å²) in [6.07, 6.45) is 6.13. The first-order chi connectivity index (χ1) is 9.24. The molecule has 0 fully saturated rings. The second-order valence-electron chi connectivity index (χ2n) is 4.70. The molecule has 0 aliphatic heterocycles. The molecule has 0 saturated carbocycles. The number of ether oxygens (including phenoxy) is 1. The van der Waals surface area contributed by atoms with Crippen LogP contribution in [0.2, 0.25) is 10.0 Å². The fourth-order valence-electron chi connectivity index (χ4n) is 1.83. The van der Waals surface area contributed by atoms with Crippen LogP contribution >= 0.6 is 23.2 Å². The van der Waals surface area contributed by atoms with Gasteiger partial charge in [-0.05, 0) is 43.9 Å². The summed E-state index contributed by atoms with van der Waals surface area (Å²) >= 11 is 11.9. The Bertz CT molecular complexity index is 358. The molecule has 0 radical (unpaired) electrons. The Kier molecular flexibility index (Phi) is 9.06. The van der Waals surface area contributed by atoms with Crippen LogP contribution in [0.25, 0.3) is 0 Å². The van der Waals surface area contributed by atoms with Gasteiger partial charge in [-0.15, -0.1) is 0 Å². The maximum Gasteiger partial charge on any atom is 0.137 e. The Morgan fingerprint density at radius 1 is 1.05 bits per heavy atom. The SMILES string of the molecule is CCCC[NH2+]CCCCCOc1ccc(Cl)cc1Cl. The van der Waals surface area contributed by atoms with Gasteiger partial charge in [0.1, 0.15) is 5.75 Å². The Morgan fingerprint density at radius 3 is 2.58 bits per heavy atom. The summed E-state index contributed by atoms with van der Waals surface area (Å²) in [5.41, 5.74) is 0. The molecule has 2 nitrogen and oxygen atoms in total. The maximum absolute atomic E-state index is 6.03. The van der Waals surface area contributed by atoms with Crippen molar-refractivity contribution in [2.24, 2.45) is 0 Å². The summed E-state index contributed by atoms with van der Waals surface area (Å²) in [4.78, 5) is 0. The van der Waals surface area contributed by atoms with Crippen LogP contribution in [0.3, 0.4) is 0 Å². The molecular formula is C15H24Cl2NO+. The number of benzene rings is 1. The highest BCUT2D eigenvalue weighted by Gasteiger charge is 2.01. The van der Waals surface area contributed by atoms with Crippen molar-refractivity contribution in [3.05, 3.63) is 28.2 Å². The van der Waals surface area contributed by atoms with Gasteiger partial charge in [0, 0.05) is 5.02 Å². The van der Waals surface area contributed by atoms with Crippen molar-refractivity contribution in [1.82, 2.24) is 0 Å². The summed E-state index contributed by atoms with van der Waals surface area (Å²) in [5, 5.41) is 3.63. The monoisotopic (exact) mass is 304 g/mol. The van der Waals surface area contributed by atoms with Crippen LogP contribution in [-0.2, 0) is 0 Å². The Labute approximate surface area is 126 Å². The molecule has 0 unspecified atom stereocenters. The number of hydrogen-bond acceptors (Lipinski definition) is 1. The minimum Gasteiger partial charge on any atom is -0.492 e. The predicted octanol–water partition coefficient (Wildman–Crippen LogP) is 3.91. The zero-order valence-electron chi connectivity index (χ0n) is 11.6. The zero-order valence-corrected chi connectivity index (χ0v) is 13.1. The first kappa shape index (κ1) is 16.6. The molecule has 0 atom stereocenters. The Balaban J connectivity index is 2.01. The summed E-state index contributed by atoms with van der Waals surface area (Å²) in [7, 11) is 0. The van der Waals surface area contributed by atoms with Gasteiger partial charge in [-0.1, -0.05) is 36.5 Å². The van der Waals surface area contributed by atoms with E-state index in [9.17, 15) is 0 Å². The van der Waals surface area contributed by atoms with Crippen molar-refractivity contribution in [3.63, 3.8) is 0 Å². The van der Waals surface area contributed by atoms with Crippen molar-refractivity contribution in [1.29, 1.82) is 0 Å². The van der Waals surface area contributed by atoms with E-state index in [4.69, 9.17) is 27.9 Å². The predicted molar refractivity (Wildman–Crippen MR) is 82.4 cm³/mol. The molecule has 0 bridgehead atoms. The number of quaternary nitrogens is 1. The molecule has 0 saturated heterocycles. The van der Waals surface area contributed by atoms with Gasteiger partial charge >= 0.3 is 0 Å². The normalized spacial score (nSPS) is 10.7. The highest BCUT2D eigenvalue weighted by molar-refractivity contribution is 6.35. The average Bonchev–Trinajstić information content (AvgIpc) is 2.39. The van der Waals surface area contributed by atoms with E-state index < -0.39 is 0 Å². The van der Waals surface area contributed by atoms with E-state index in [1.807, 2.05) is 6.07 Å². The molecule has 1 aromatic rings. The minimum absolute atomic E-state index is 0.584. The van der Waals surface area contributed by atoms with Crippen molar-refractivity contribution >= 4 is 23.2 Å². The first-order valence-electron chi connectivity index (χ1n) is 7.13. The largest absolute Gasteiger partial charge is 0.492 e. The number of unbranched alkanes of at least 4 members (excludes halogenated alkanes) is 3. The van der Waals surface area contributed by atoms with Gasteiger partial charge in [0.2, 0.25) is 0 Å². The van der Waals surface area contributed by atoms with E-state index in [-0.39, 0.29) is 0 Å². The van der Waals surface area contributed by atoms with Crippen molar-refractivity contribution in [3.8, 4) is 5.75 Å². The fraction of sp³-hybridized carbons (Fsp3) is 0.600. The molecule has 0 aliphatic rings. The van der Waals surface area contributed by atoms with E-state index in [1.54, 1.807) is 12.1 Å². The van der Waals surface area contributed by atoms with Crippen LogP contribution in [0.1, 0.15) is 39.0 Å². The Hall–Kier alpha value is -0.440. The van der Waals surface area contributed by atoms with Gasteiger partial charge in [0.15, 0.2) is 0 Å². The topological polar surface area (TPSA) is 25.8 Å². The highest BCUT2D eigenvalue weighted by Crippen LogP contribution is 2.27. The molecule has 108 valence electrons. The fourth-order valence-corrected chi connectivity index (χ4v) is 2.30. The summed E-state index contributed by atoms with van der Waals surface area (Å²) in [5.74, 6) is 0.723. The smallest absolute Gasteiger partial charge is 0.137 e. The van der Waals surface area contributed by atoms with E-state index in [0.29, 0.717) is 10.0 Å². The van der Waals surface area contributed by atoms with Gasteiger partial charge in [0.05, 0.1) is 24.7 Å². The molecular weight excluding hydrogens is 281 g/mol. The van der Waals surface area contributed by atoms with Crippen LogP contribution < -0.4 is 10.1 Å². The number of hydrogen-bond donors (Lipinski definition) is 1. The standard InChI is InChI=1S/C15H23Cl2NO/c1-2-3-9-18-10-5-4-6-11-19-15-8-7-13(16)12-14(15)17/h7-8,12,18H,2-6,9-11H2,1H3/p+1. The van der Waals surface area contributed by atoms with Crippen molar-refractivity contribution < 1.29 is 10.1 Å². The molecule has 0 aromatic heterocycles. The third-order valence-corrected chi connectivity index (χ3v) is 3.50. The molecule has 0 amide bonds. The molecule has 4 heteroatoms. The molecule has 0 spiro atoms. The van der Waals surface area contributed by atoms with Crippen molar-refractivity contribution in [2.45, 2.75) is 39.0 Å². The van der Waals surface area contributed by atoms with Crippen LogP contribution in [0, 0.1) is 0 Å². The summed E-state index contributed by atoms with van der Waals surface area (Å²) in [6.45, 7) is 5.43. The molecule has 1 rings (SSSR count). The van der Waals surface area contributed by atoms with Crippen LogP contribution in [-0.4, -0.2) is 19.7 Å². The van der Waals surface area contributed by atoms with E-state index in [1.165, 1.54) is 38.8 Å². The van der Waals surface area contributed by atoms with E-state index >= 15 is 0 Å². The minimum atomic E-state index is 0.584. The number of halogens is 2. The molecule has 0 heterocycles. The van der Waals surface area contributed by atoms with Crippen LogP contribution in [0.4, 0.5) is 0 Å². The average molecular weight is 305 g/mol. The van der Waals surface area contributed by atoms with Crippen LogP contribution in [0.15, 0.2) is 18.2 Å². The number of rotatable bonds is 10. The van der Waals surface area contributed by atoms with Gasteiger partial charge in [-0.25, -0.2) is 0 Å². The lowest BCUT2D eigenvalue weighted by atomic mass is 10.2. The molecule has 2 N–H and O–H groups in total. The summed E-state index contributed by atoms with van der Waals surface area (Å²) < 4.78 is 5.64. The van der Waals surface area contributed by atoms with Gasteiger partial charge in [-0.2, -0.15) is 0 Å². The van der Waals surface area contributed by atoms with Gasteiger partial charge in [0.25, 0.3) is 0 Å². The van der Waals surface area contributed by atoms with E-state index in [0.717, 1.165) is 18.8 Å². The third-order valence-electron chi connectivity index (χ3n) is 2.97.